The molecule has 0 aliphatic rings. The van der Waals surface area contributed by atoms with E-state index in [4.69, 9.17) is 4.74 Å². The lowest BCUT2D eigenvalue weighted by Gasteiger charge is -2.09. The summed E-state index contributed by atoms with van der Waals surface area (Å²) in [5.74, 6) is -0.894. The molecular formula is C15H15NO5S. The fourth-order valence-electron chi connectivity index (χ4n) is 1.65. The van der Waals surface area contributed by atoms with E-state index in [2.05, 4.69) is 10.1 Å². The van der Waals surface area contributed by atoms with Crippen molar-refractivity contribution in [2.45, 2.75) is 6.61 Å². The number of phenolic OH excluding ortho intramolecular Hbond substituents is 1. The summed E-state index contributed by atoms with van der Waals surface area (Å²) < 4.78 is 9.94. The van der Waals surface area contributed by atoms with Crippen molar-refractivity contribution in [3.8, 4) is 11.5 Å². The third-order valence-electron chi connectivity index (χ3n) is 2.82. The van der Waals surface area contributed by atoms with Crippen molar-refractivity contribution in [1.82, 2.24) is 5.32 Å². The Morgan fingerprint density at radius 2 is 2.14 bits per heavy atom. The molecule has 2 N–H and O–H groups in total. The van der Waals surface area contributed by atoms with Gasteiger partial charge < -0.3 is 19.9 Å². The Morgan fingerprint density at radius 3 is 2.77 bits per heavy atom. The molecular weight excluding hydrogens is 306 g/mol. The van der Waals surface area contributed by atoms with Gasteiger partial charge in [-0.3, -0.25) is 9.59 Å². The van der Waals surface area contributed by atoms with Crippen molar-refractivity contribution in [3.05, 3.63) is 46.2 Å². The van der Waals surface area contributed by atoms with Crippen LogP contribution in [0.2, 0.25) is 0 Å². The minimum Gasteiger partial charge on any atom is -0.507 e. The number of amides is 1. The molecule has 2 rings (SSSR count). The number of ether oxygens (including phenoxy) is 2. The first kappa shape index (κ1) is 15.8. The summed E-state index contributed by atoms with van der Waals surface area (Å²) in [6.45, 7) is 0.127. The van der Waals surface area contributed by atoms with Crippen LogP contribution in [0.5, 0.6) is 11.5 Å². The van der Waals surface area contributed by atoms with E-state index in [-0.39, 0.29) is 17.9 Å². The second-order valence-corrected chi connectivity index (χ2v) is 5.14. The van der Waals surface area contributed by atoms with Gasteiger partial charge in [0.25, 0.3) is 5.91 Å². The van der Waals surface area contributed by atoms with E-state index in [0.29, 0.717) is 12.4 Å². The Labute approximate surface area is 131 Å². The van der Waals surface area contributed by atoms with Crippen molar-refractivity contribution in [2.75, 3.05) is 13.7 Å². The van der Waals surface area contributed by atoms with Gasteiger partial charge in [-0.1, -0.05) is 0 Å². The number of rotatable bonds is 6. The molecule has 0 unspecified atom stereocenters. The van der Waals surface area contributed by atoms with E-state index in [0.717, 1.165) is 5.56 Å². The molecule has 1 aromatic heterocycles. The van der Waals surface area contributed by atoms with Gasteiger partial charge in [0.15, 0.2) is 0 Å². The third kappa shape index (κ3) is 4.23. The lowest BCUT2D eigenvalue weighted by Crippen LogP contribution is -2.30. The number of carbonyl (C=O) groups excluding carboxylic acids is 2. The fraction of sp³-hybridized carbons (Fsp3) is 0.200. The molecule has 0 fully saturated rings. The molecule has 0 saturated carbocycles. The topological polar surface area (TPSA) is 84.9 Å². The van der Waals surface area contributed by atoms with Gasteiger partial charge in [-0.2, -0.15) is 11.3 Å². The van der Waals surface area contributed by atoms with Crippen LogP contribution < -0.4 is 10.1 Å². The van der Waals surface area contributed by atoms with Gasteiger partial charge in [-0.05, 0) is 34.5 Å². The van der Waals surface area contributed by atoms with Crippen LogP contribution in [0.25, 0.3) is 0 Å². The van der Waals surface area contributed by atoms with Crippen LogP contribution in [-0.2, 0) is 16.1 Å². The van der Waals surface area contributed by atoms with E-state index in [1.54, 1.807) is 17.4 Å². The minimum atomic E-state index is -0.566. The highest BCUT2D eigenvalue weighted by Gasteiger charge is 2.13. The van der Waals surface area contributed by atoms with E-state index < -0.39 is 11.9 Å². The van der Waals surface area contributed by atoms with Crippen molar-refractivity contribution in [3.63, 3.8) is 0 Å². The molecule has 7 heteroatoms. The van der Waals surface area contributed by atoms with E-state index in [9.17, 15) is 14.7 Å². The first-order chi connectivity index (χ1) is 10.6. The standard InChI is InChI=1S/C15H15NO5S/c1-20-14(18)7-16-15(19)12-3-2-11(6-13(12)17)21-8-10-4-5-22-9-10/h2-6,9,17H,7-8H2,1H3,(H,16,19). The summed E-state index contributed by atoms with van der Waals surface area (Å²) in [6.07, 6.45) is 0. The van der Waals surface area contributed by atoms with Crippen molar-refractivity contribution in [2.24, 2.45) is 0 Å². The largest absolute Gasteiger partial charge is 0.507 e. The molecule has 0 aliphatic heterocycles. The van der Waals surface area contributed by atoms with Gasteiger partial charge in [0.1, 0.15) is 24.7 Å². The SMILES string of the molecule is COC(=O)CNC(=O)c1ccc(OCc2ccsc2)cc1O. The highest BCUT2D eigenvalue weighted by Crippen LogP contribution is 2.24. The molecule has 116 valence electrons. The summed E-state index contributed by atoms with van der Waals surface area (Å²) in [7, 11) is 1.23. The van der Waals surface area contributed by atoms with E-state index in [1.807, 2.05) is 16.8 Å². The molecule has 0 atom stereocenters. The van der Waals surface area contributed by atoms with Gasteiger partial charge in [0.05, 0.1) is 12.7 Å². The molecule has 2 aromatic rings. The molecule has 1 aromatic carbocycles. The monoisotopic (exact) mass is 321 g/mol. The average Bonchev–Trinajstić information content (AvgIpc) is 3.03. The molecule has 1 heterocycles. The van der Waals surface area contributed by atoms with Crippen LogP contribution in [0, 0.1) is 0 Å². The summed E-state index contributed by atoms with van der Waals surface area (Å²) in [5.41, 5.74) is 1.09. The smallest absolute Gasteiger partial charge is 0.325 e. The molecule has 1 amide bonds. The number of hydrogen-bond acceptors (Lipinski definition) is 6. The normalized spacial score (nSPS) is 10.0. The molecule has 6 nitrogen and oxygen atoms in total. The summed E-state index contributed by atoms with van der Waals surface area (Å²) in [4.78, 5) is 22.8. The van der Waals surface area contributed by atoms with Crippen LogP contribution in [0.4, 0.5) is 0 Å². The summed E-state index contributed by atoms with van der Waals surface area (Å²) in [5, 5.41) is 16.2. The maximum atomic E-state index is 11.8. The van der Waals surface area contributed by atoms with Gasteiger partial charge >= 0.3 is 5.97 Å². The second kappa shape index (κ2) is 7.46. The number of carbonyl (C=O) groups is 2. The number of esters is 1. The zero-order valence-electron chi connectivity index (χ0n) is 11.9. The lowest BCUT2D eigenvalue weighted by atomic mass is 10.2. The van der Waals surface area contributed by atoms with Crippen molar-refractivity contribution in [1.29, 1.82) is 0 Å². The van der Waals surface area contributed by atoms with Crippen molar-refractivity contribution < 1.29 is 24.2 Å². The van der Waals surface area contributed by atoms with Gasteiger partial charge in [0, 0.05) is 6.07 Å². The van der Waals surface area contributed by atoms with Crippen LogP contribution in [0.15, 0.2) is 35.0 Å². The maximum Gasteiger partial charge on any atom is 0.325 e. The van der Waals surface area contributed by atoms with Crippen LogP contribution >= 0.6 is 11.3 Å². The zero-order chi connectivity index (χ0) is 15.9. The molecule has 0 radical (unpaired) electrons. The average molecular weight is 321 g/mol. The second-order valence-electron chi connectivity index (χ2n) is 4.36. The van der Waals surface area contributed by atoms with Crippen LogP contribution in [0.3, 0.4) is 0 Å². The van der Waals surface area contributed by atoms with Gasteiger partial charge in [0.2, 0.25) is 0 Å². The zero-order valence-corrected chi connectivity index (χ0v) is 12.7. The Kier molecular flexibility index (Phi) is 5.37. The Balaban J connectivity index is 1.96. The number of benzene rings is 1. The summed E-state index contributed by atoms with van der Waals surface area (Å²) in [6, 6.07) is 6.32. The quantitative estimate of drug-likeness (QED) is 0.794. The first-order valence-corrected chi connectivity index (χ1v) is 7.36. The predicted octanol–water partition coefficient (Wildman–Crippen LogP) is 1.94. The number of aromatic hydroxyl groups is 1. The number of nitrogens with one attached hydrogen (secondary N) is 1. The number of phenols is 1. The van der Waals surface area contributed by atoms with Crippen LogP contribution in [0.1, 0.15) is 15.9 Å². The maximum absolute atomic E-state index is 11.8. The molecule has 0 bridgehead atoms. The third-order valence-corrected chi connectivity index (χ3v) is 3.55. The van der Waals surface area contributed by atoms with Crippen molar-refractivity contribution >= 4 is 23.2 Å². The minimum absolute atomic E-state index is 0.0618. The van der Waals surface area contributed by atoms with Gasteiger partial charge in [-0.15, -0.1) is 0 Å². The lowest BCUT2D eigenvalue weighted by molar-refractivity contribution is -0.139. The van der Waals surface area contributed by atoms with E-state index in [1.165, 1.54) is 19.2 Å². The molecule has 0 spiro atoms. The van der Waals surface area contributed by atoms with Crippen LogP contribution in [-0.4, -0.2) is 30.6 Å². The summed E-state index contributed by atoms with van der Waals surface area (Å²) >= 11 is 1.57. The van der Waals surface area contributed by atoms with E-state index >= 15 is 0 Å². The highest BCUT2D eigenvalue weighted by molar-refractivity contribution is 7.07. The number of thiophene rings is 1. The molecule has 22 heavy (non-hydrogen) atoms. The molecule has 0 aliphatic carbocycles. The van der Waals surface area contributed by atoms with Gasteiger partial charge in [-0.25, -0.2) is 0 Å². The first-order valence-electron chi connectivity index (χ1n) is 6.42. The fourth-order valence-corrected chi connectivity index (χ4v) is 2.31. The Morgan fingerprint density at radius 1 is 1.32 bits per heavy atom. The Bertz CT molecular complexity index is 654. The number of hydrogen-bond donors (Lipinski definition) is 2. The highest BCUT2D eigenvalue weighted by atomic mass is 32.1. The molecule has 0 saturated heterocycles. The number of methoxy groups -OCH3 is 1. The Hall–Kier alpha value is -2.54. The predicted molar refractivity (Wildman–Crippen MR) is 81.1 cm³/mol.